The minimum Gasteiger partial charge on any atom is -0.395 e. The molecule has 0 aliphatic heterocycles. The van der Waals surface area contributed by atoms with Crippen LogP contribution in [0.25, 0.3) is 11.0 Å². The average molecular weight is 415 g/mol. The number of hydrogen-bond acceptors (Lipinski definition) is 4. The summed E-state index contributed by atoms with van der Waals surface area (Å²) >= 11 is 0. The molecule has 0 radical (unpaired) electrons. The summed E-state index contributed by atoms with van der Waals surface area (Å²) in [7, 11) is 0. The molecule has 0 saturated carbocycles. The summed E-state index contributed by atoms with van der Waals surface area (Å²) in [5, 5.41) is 23.8. The van der Waals surface area contributed by atoms with E-state index in [1.165, 1.54) is 0 Å². The van der Waals surface area contributed by atoms with E-state index in [0.29, 0.717) is 34.6 Å². The molecule has 1 heterocycles. The van der Waals surface area contributed by atoms with Gasteiger partial charge in [0.2, 0.25) is 0 Å². The van der Waals surface area contributed by atoms with Crippen molar-refractivity contribution in [1.29, 1.82) is 0 Å². The Morgan fingerprint density at radius 2 is 1.61 bits per heavy atom. The van der Waals surface area contributed by atoms with Crippen molar-refractivity contribution in [2.75, 3.05) is 13.2 Å². The highest BCUT2D eigenvalue weighted by Gasteiger charge is 2.38. The van der Waals surface area contributed by atoms with Crippen LogP contribution in [0, 0.1) is 0 Å². The molecule has 158 valence electrons. The van der Waals surface area contributed by atoms with Crippen LogP contribution < -0.4 is 5.32 Å². The molecule has 1 amide bonds. The van der Waals surface area contributed by atoms with E-state index in [-0.39, 0.29) is 19.1 Å². The van der Waals surface area contributed by atoms with Crippen LogP contribution in [0.2, 0.25) is 0 Å². The maximum Gasteiger partial charge on any atom is 0.251 e. The van der Waals surface area contributed by atoms with Gasteiger partial charge in [0.1, 0.15) is 0 Å². The molecule has 6 heteroatoms. The lowest BCUT2D eigenvalue weighted by molar-refractivity contribution is 0.0945. The summed E-state index contributed by atoms with van der Waals surface area (Å²) < 4.78 is 1.94. The molecule has 1 aromatic heterocycles. The predicted molar refractivity (Wildman–Crippen MR) is 120 cm³/mol. The number of nitrogens with one attached hydrogen (secondary N) is 1. The summed E-state index contributed by atoms with van der Waals surface area (Å²) in [6.45, 7) is 2.62. The summed E-state index contributed by atoms with van der Waals surface area (Å²) in [4.78, 5) is 17.2. The fraction of sp³-hybridized carbons (Fsp3) is 0.200. The van der Waals surface area contributed by atoms with Crippen molar-refractivity contribution in [2.24, 2.45) is 0 Å². The highest BCUT2D eigenvalue weighted by Crippen LogP contribution is 2.37. The number of rotatable bonds is 7. The molecule has 0 bridgehead atoms. The van der Waals surface area contributed by atoms with Gasteiger partial charge in [-0.1, -0.05) is 60.7 Å². The van der Waals surface area contributed by atoms with E-state index in [0.717, 1.165) is 5.52 Å². The van der Waals surface area contributed by atoms with E-state index in [9.17, 15) is 9.90 Å². The van der Waals surface area contributed by atoms with Crippen LogP contribution >= 0.6 is 0 Å². The largest absolute Gasteiger partial charge is 0.395 e. The van der Waals surface area contributed by atoms with E-state index >= 15 is 0 Å². The Kier molecular flexibility index (Phi) is 5.84. The second-order valence-electron chi connectivity index (χ2n) is 7.31. The van der Waals surface area contributed by atoms with Gasteiger partial charge in [-0.25, -0.2) is 4.98 Å². The number of aromatic nitrogens is 2. The van der Waals surface area contributed by atoms with Gasteiger partial charge >= 0.3 is 0 Å². The minimum atomic E-state index is -1.46. The molecule has 0 aliphatic carbocycles. The monoisotopic (exact) mass is 415 g/mol. The summed E-state index contributed by atoms with van der Waals surface area (Å²) in [6, 6.07) is 24.2. The first-order valence-electron chi connectivity index (χ1n) is 10.3. The first-order chi connectivity index (χ1) is 15.1. The maximum absolute atomic E-state index is 12.4. The second-order valence-corrected chi connectivity index (χ2v) is 7.31. The molecule has 0 unspecified atom stereocenters. The van der Waals surface area contributed by atoms with Gasteiger partial charge in [0.05, 0.1) is 17.6 Å². The van der Waals surface area contributed by atoms with Crippen molar-refractivity contribution in [1.82, 2.24) is 14.9 Å². The van der Waals surface area contributed by atoms with E-state index in [4.69, 9.17) is 10.1 Å². The van der Waals surface area contributed by atoms with Crippen molar-refractivity contribution in [3.8, 4) is 0 Å². The third-order valence-electron chi connectivity index (χ3n) is 5.43. The molecular weight excluding hydrogens is 390 g/mol. The molecule has 3 aromatic carbocycles. The van der Waals surface area contributed by atoms with E-state index in [1.54, 1.807) is 18.2 Å². The molecule has 6 nitrogen and oxygen atoms in total. The number of aryl methyl sites for hydroxylation is 1. The Bertz CT molecular complexity index is 1150. The van der Waals surface area contributed by atoms with Gasteiger partial charge in [0.15, 0.2) is 11.4 Å². The summed E-state index contributed by atoms with van der Waals surface area (Å²) in [6.07, 6.45) is 0. The van der Waals surface area contributed by atoms with Gasteiger partial charge in [0, 0.05) is 18.7 Å². The van der Waals surface area contributed by atoms with Crippen molar-refractivity contribution in [2.45, 2.75) is 19.1 Å². The zero-order chi connectivity index (χ0) is 21.8. The minimum absolute atomic E-state index is 0.119. The quantitative estimate of drug-likeness (QED) is 0.433. The Morgan fingerprint density at radius 3 is 2.16 bits per heavy atom. The number of carbonyl (C=O) groups is 1. The topological polar surface area (TPSA) is 87.4 Å². The second kappa shape index (κ2) is 8.71. The van der Waals surface area contributed by atoms with Crippen LogP contribution in [0.5, 0.6) is 0 Å². The van der Waals surface area contributed by atoms with Crippen molar-refractivity contribution < 1.29 is 15.0 Å². The maximum atomic E-state index is 12.4. The van der Waals surface area contributed by atoms with Crippen molar-refractivity contribution >= 4 is 16.9 Å². The number of benzene rings is 3. The van der Waals surface area contributed by atoms with E-state index in [2.05, 4.69) is 5.32 Å². The Morgan fingerprint density at radius 1 is 1.00 bits per heavy atom. The number of nitrogens with zero attached hydrogens (tertiary/aromatic N) is 2. The SMILES string of the molecule is CCn1c(C(O)(c2ccccc2)c2ccccc2)nc2ccc(C(=O)NCCO)cc21. The molecule has 0 aliphatic rings. The van der Waals surface area contributed by atoms with Crippen LogP contribution in [0.4, 0.5) is 0 Å². The Labute approximate surface area is 180 Å². The molecule has 0 fully saturated rings. The lowest BCUT2D eigenvalue weighted by Gasteiger charge is -2.29. The predicted octanol–water partition coefficient (Wildman–Crippen LogP) is 3.06. The first-order valence-corrected chi connectivity index (χ1v) is 10.3. The Hall–Kier alpha value is -3.48. The molecule has 3 N–H and O–H groups in total. The van der Waals surface area contributed by atoms with Gasteiger partial charge in [-0.05, 0) is 36.2 Å². The zero-order valence-corrected chi connectivity index (χ0v) is 17.3. The molecule has 4 rings (SSSR count). The molecule has 4 aromatic rings. The molecule has 0 saturated heterocycles. The summed E-state index contributed by atoms with van der Waals surface area (Å²) in [5.74, 6) is 0.234. The van der Waals surface area contributed by atoms with Crippen molar-refractivity contribution in [3.05, 3.63) is 101 Å². The smallest absolute Gasteiger partial charge is 0.251 e. The van der Waals surface area contributed by atoms with Gasteiger partial charge in [-0.15, -0.1) is 0 Å². The van der Waals surface area contributed by atoms with Crippen molar-refractivity contribution in [3.63, 3.8) is 0 Å². The third-order valence-corrected chi connectivity index (χ3v) is 5.43. The summed E-state index contributed by atoms with van der Waals surface area (Å²) in [5.41, 5.74) is 1.90. The Balaban J connectivity index is 1.93. The average Bonchev–Trinajstić information content (AvgIpc) is 3.21. The van der Waals surface area contributed by atoms with Gasteiger partial charge in [-0.3, -0.25) is 4.79 Å². The number of aliphatic hydroxyl groups excluding tert-OH is 1. The van der Waals surface area contributed by atoms with E-state index in [1.807, 2.05) is 72.2 Å². The van der Waals surface area contributed by atoms with Crippen LogP contribution in [0.3, 0.4) is 0 Å². The lowest BCUT2D eigenvalue weighted by atomic mass is 9.85. The van der Waals surface area contributed by atoms with E-state index < -0.39 is 5.60 Å². The highest BCUT2D eigenvalue weighted by atomic mass is 16.3. The van der Waals surface area contributed by atoms with Gasteiger partial charge in [0.25, 0.3) is 5.91 Å². The van der Waals surface area contributed by atoms with Crippen LogP contribution in [0.15, 0.2) is 78.9 Å². The van der Waals surface area contributed by atoms with Gasteiger partial charge < -0.3 is 20.1 Å². The molecule has 0 spiro atoms. The molecular formula is C25H25N3O3. The van der Waals surface area contributed by atoms with Gasteiger partial charge in [-0.2, -0.15) is 0 Å². The van der Waals surface area contributed by atoms with Crippen LogP contribution in [-0.2, 0) is 12.1 Å². The number of carbonyl (C=O) groups excluding carboxylic acids is 1. The fourth-order valence-electron chi connectivity index (χ4n) is 3.92. The standard InChI is InChI=1S/C25H25N3O3/c1-2-28-22-17-18(23(30)26-15-16-29)13-14-21(22)27-24(28)25(31,19-9-5-3-6-10-19)20-11-7-4-8-12-20/h3-14,17,29,31H,2,15-16H2,1H3,(H,26,30). The molecule has 31 heavy (non-hydrogen) atoms. The zero-order valence-electron chi connectivity index (χ0n) is 17.3. The number of aliphatic hydroxyl groups is 2. The van der Waals surface area contributed by atoms with Crippen LogP contribution in [-0.4, -0.2) is 38.8 Å². The lowest BCUT2D eigenvalue weighted by Crippen LogP contribution is -2.32. The highest BCUT2D eigenvalue weighted by molar-refractivity contribution is 5.97. The molecule has 0 atom stereocenters. The fourth-order valence-corrected chi connectivity index (χ4v) is 3.92. The number of amides is 1. The normalized spacial score (nSPS) is 11.6. The van der Waals surface area contributed by atoms with Crippen LogP contribution in [0.1, 0.15) is 34.2 Å². The number of fused-ring (bicyclic) bond motifs is 1. The number of hydrogen-bond donors (Lipinski definition) is 3. The first kappa shape index (κ1) is 20.8. The number of imidazole rings is 1. The third kappa shape index (κ3) is 3.71.